The maximum absolute atomic E-state index is 5.15. The first-order valence-corrected chi connectivity index (χ1v) is 12.9. The van der Waals surface area contributed by atoms with Gasteiger partial charge in [-0.15, -0.1) is 0 Å². The van der Waals surface area contributed by atoms with Gasteiger partial charge in [-0.05, 0) is 0 Å². The Morgan fingerprint density at radius 3 is 1.45 bits per heavy atom. The number of hydrogen-bond donors (Lipinski definition) is 0. The Labute approximate surface area is 223 Å². The van der Waals surface area contributed by atoms with Gasteiger partial charge in [0.1, 0.15) is 0 Å². The molecule has 2 aromatic carbocycles. The number of benzene rings is 2. The molecule has 0 aromatic heterocycles. The van der Waals surface area contributed by atoms with Gasteiger partial charge in [0.2, 0.25) is 0 Å². The van der Waals surface area contributed by atoms with Crippen LogP contribution in [0.15, 0.2) is 53.2 Å². The van der Waals surface area contributed by atoms with E-state index in [9.17, 15) is 0 Å². The monoisotopic (exact) mass is 566 g/mol. The first kappa shape index (κ1) is 29.8. The number of para-hydroxylation sites is 2. The summed E-state index contributed by atoms with van der Waals surface area (Å²) in [5, 5.41) is 0. The number of aliphatic imine (C=N–C) groups is 1. The van der Waals surface area contributed by atoms with Crippen molar-refractivity contribution in [3.8, 4) is 0 Å². The third kappa shape index (κ3) is 7.36. The molecule has 0 fully saturated rings. The summed E-state index contributed by atoms with van der Waals surface area (Å²) in [6.07, 6.45) is 2.22. The van der Waals surface area contributed by atoms with Crippen LogP contribution in [0.1, 0.15) is 115 Å². The van der Waals surface area contributed by atoms with Crippen molar-refractivity contribution in [2.45, 2.75) is 92.9 Å². The van der Waals surface area contributed by atoms with Crippen molar-refractivity contribution in [1.82, 2.24) is 0 Å². The molecule has 2 nitrogen and oxygen atoms in total. The fraction of sp³-hybridized carbons (Fsp3) is 0.483. The molecule has 0 aliphatic rings. The van der Waals surface area contributed by atoms with Crippen LogP contribution in [-0.2, 0) is 0 Å². The molecule has 2 rings (SSSR count). The van der Waals surface area contributed by atoms with Gasteiger partial charge in [-0.2, -0.15) is 0 Å². The second-order valence-electron chi connectivity index (χ2n) is 10.1. The van der Waals surface area contributed by atoms with Crippen molar-refractivity contribution in [3.63, 3.8) is 0 Å². The average molecular weight is 565 g/mol. The van der Waals surface area contributed by atoms with Gasteiger partial charge in [-0.1, -0.05) is 0 Å². The molecule has 0 aliphatic heterocycles. The minimum atomic E-state index is 0. The first-order chi connectivity index (χ1) is 15.0. The molecule has 0 N–H and O–H groups in total. The number of rotatable bonds is 8. The molecule has 0 spiro atoms. The molecule has 0 saturated heterocycles. The molecular weight excluding hydrogens is 524 g/mol. The van der Waals surface area contributed by atoms with Crippen LogP contribution in [0.3, 0.4) is 0 Å². The smallest absolute Gasteiger partial charge is 0 e. The standard InChI is InChI=1S/C29H41GeN2.As/c1-18(2)24-13-11-14-25(19(3)4)28(24)31-22(9)17-23(10)32(30)29-26(20(5)6)15-12-16-27(29)21(7)8;/h11-21H,1-10H3;/b23-17-,31-22?;. The maximum Gasteiger partial charge on any atom is 0 e. The largest absolute Gasteiger partial charge is 0 e. The number of hydrogen-bond acceptors (Lipinski definition) is 2. The van der Waals surface area contributed by atoms with Crippen molar-refractivity contribution in [2.75, 3.05) is 3.86 Å². The molecule has 0 aliphatic carbocycles. The minimum absolute atomic E-state index is 0. The van der Waals surface area contributed by atoms with E-state index < -0.39 is 0 Å². The Morgan fingerprint density at radius 2 is 1.09 bits per heavy atom. The third-order valence-corrected chi connectivity index (χ3v) is 7.18. The summed E-state index contributed by atoms with van der Waals surface area (Å²) >= 11 is 2.19. The summed E-state index contributed by atoms with van der Waals surface area (Å²) in [5.41, 5.74) is 10.2. The summed E-state index contributed by atoms with van der Waals surface area (Å²) in [4.78, 5) is 5.15. The van der Waals surface area contributed by atoms with E-state index in [4.69, 9.17) is 4.99 Å². The van der Waals surface area contributed by atoms with Crippen LogP contribution in [0.2, 0.25) is 0 Å². The summed E-state index contributed by atoms with van der Waals surface area (Å²) in [7, 11) is 0. The second-order valence-corrected chi connectivity index (χ2v) is 11.0. The zero-order chi connectivity index (χ0) is 24.2. The topological polar surface area (TPSA) is 15.6 Å². The molecule has 176 valence electrons. The summed E-state index contributed by atoms with van der Waals surface area (Å²) in [5.74, 6) is 1.83. The van der Waals surface area contributed by atoms with Crippen LogP contribution < -0.4 is 3.86 Å². The molecule has 0 heterocycles. The van der Waals surface area contributed by atoms with E-state index in [2.05, 4.69) is 132 Å². The van der Waals surface area contributed by atoms with Crippen molar-refractivity contribution in [1.29, 1.82) is 0 Å². The SMILES string of the molecule is CC(/C=C(/C)[N]([Ge])c1c(C(C)C)cccc1C(C)C)=Nc1c(C(C)C)cccc1C(C)C.[As]. The van der Waals surface area contributed by atoms with Gasteiger partial charge >= 0.3 is 206 Å². The average Bonchev–Trinajstić information content (AvgIpc) is 2.71. The Bertz CT molecular complexity index is 935. The van der Waals surface area contributed by atoms with Gasteiger partial charge in [0.25, 0.3) is 0 Å². The summed E-state index contributed by atoms with van der Waals surface area (Å²) in [6.45, 7) is 22.4. The number of nitrogens with zero attached hydrogens (tertiary/aromatic N) is 2. The van der Waals surface area contributed by atoms with E-state index >= 15 is 0 Å². The van der Waals surface area contributed by atoms with Gasteiger partial charge in [0, 0.05) is 18.0 Å². The molecule has 0 bridgehead atoms. The van der Waals surface area contributed by atoms with Gasteiger partial charge in [0.15, 0.2) is 0 Å². The molecule has 6 radical (unpaired) electrons. The predicted molar refractivity (Wildman–Crippen MR) is 150 cm³/mol. The van der Waals surface area contributed by atoms with Crippen LogP contribution in [0.4, 0.5) is 11.4 Å². The molecule has 0 saturated carbocycles. The van der Waals surface area contributed by atoms with E-state index in [0.29, 0.717) is 23.7 Å². The van der Waals surface area contributed by atoms with Crippen LogP contribution >= 0.6 is 0 Å². The fourth-order valence-electron chi connectivity index (χ4n) is 4.16. The van der Waals surface area contributed by atoms with Crippen LogP contribution in [0.25, 0.3) is 0 Å². The Hall–Kier alpha value is -1.25. The normalized spacial score (nSPS) is 12.7. The van der Waals surface area contributed by atoms with Crippen molar-refractivity contribution in [3.05, 3.63) is 70.4 Å². The zero-order valence-corrected chi connectivity index (χ0v) is 26.2. The van der Waals surface area contributed by atoms with E-state index in [0.717, 1.165) is 11.4 Å². The van der Waals surface area contributed by atoms with Crippen molar-refractivity contribution >= 4 is 51.8 Å². The van der Waals surface area contributed by atoms with Gasteiger partial charge < -0.3 is 0 Å². The molecule has 4 heteroatoms. The van der Waals surface area contributed by atoms with E-state index in [1.54, 1.807) is 0 Å². The van der Waals surface area contributed by atoms with Crippen LogP contribution in [0.5, 0.6) is 0 Å². The van der Waals surface area contributed by atoms with E-state index in [1.165, 1.54) is 33.6 Å². The number of allylic oxidation sites excluding steroid dienone is 2. The summed E-state index contributed by atoms with van der Waals surface area (Å²) in [6, 6.07) is 13.3. The predicted octanol–water partition coefficient (Wildman–Crippen LogP) is 8.39. The molecule has 2 aromatic rings. The van der Waals surface area contributed by atoms with E-state index in [1.807, 2.05) is 0 Å². The minimum Gasteiger partial charge on any atom is 0 e. The van der Waals surface area contributed by atoms with Gasteiger partial charge in [-0.3, -0.25) is 0 Å². The Morgan fingerprint density at radius 1 is 0.727 bits per heavy atom. The van der Waals surface area contributed by atoms with Crippen molar-refractivity contribution < 1.29 is 0 Å². The Kier molecular flexibility index (Phi) is 11.7. The van der Waals surface area contributed by atoms with E-state index in [-0.39, 0.29) is 18.0 Å². The van der Waals surface area contributed by atoms with Crippen LogP contribution in [0, 0.1) is 0 Å². The quantitative estimate of drug-likeness (QED) is 0.232. The van der Waals surface area contributed by atoms with Gasteiger partial charge in [-0.25, -0.2) is 0 Å². The molecular formula is C29H41AsGeN2. The van der Waals surface area contributed by atoms with Gasteiger partial charge in [0.05, 0.1) is 0 Å². The third-order valence-electron chi connectivity index (χ3n) is 5.97. The summed E-state index contributed by atoms with van der Waals surface area (Å²) < 4.78 is 2.35. The maximum atomic E-state index is 5.15. The zero-order valence-electron chi connectivity index (χ0n) is 22.2. The number of anilines is 1. The second kappa shape index (κ2) is 13.0. The molecule has 0 unspecified atom stereocenters. The molecule has 0 amide bonds. The fourth-order valence-corrected chi connectivity index (χ4v) is 4.84. The van der Waals surface area contributed by atoms with Crippen molar-refractivity contribution in [2.24, 2.45) is 4.99 Å². The molecule has 0 atom stereocenters. The molecule has 33 heavy (non-hydrogen) atoms. The Balaban J connectivity index is 0.00000544. The van der Waals surface area contributed by atoms with Crippen LogP contribution in [-0.4, -0.2) is 40.4 Å². The first-order valence-electron chi connectivity index (χ1n) is 12.0.